The van der Waals surface area contributed by atoms with E-state index in [9.17, 15) is 0 Å². The van der Waals surface area contributed by atoms with Gasteiger partial charge in [0, 0.05) is 31.1 Å². The highest BCUT2D eigenvalue weighted by Crippen LogP contribution is 2.39. The largest absolute Gasteiger partial charge is 0.423 e. The van der Waals surface area contributed by atoms with E-state index in [2.05, 4.69) is 20.4 Å². The molecule has 0 saturated carbocycles. The lowest BCUT2D eigenvalue weighted by Gasteiger charge is -2.28. The Hall–Kier alpha value is -2.48. The zero-order valence-electron chi connectivity index (χ0n) is 14.7. The minimum absolute atomic E-state index is 0.0552. The number of aromatic nitrogens is 6. The Kier molecular flexibility index (Phi) is 4.12. The molecule has 0 spiro atoms. The van der Waals surface area contributed by atoms with Crippen molar-refractivity contribution in [3.8, 4) is 0 Å². The van der Waals surface area contributed by atoms with Crippen molar-refractivity contribution in [3.63, 3.8) is 0 Å². The lowest BCUT2D eigenvalue weighted by atomic mass is 9.91. The third-order valence-corrected chi connectivity index (χ3v) is 4.56. The molecular formula is C17H22N6O2. The molecule has 0 bridgehead atoms. The van der Waals surface area contributed by atoms with Gasteiger partial charge in [0.25, 0.3) is 0 Å². The van der Waals surface area contributed by atoms with Crippen LogP contribution in [0, 0.1) is 13.8 Å². The predicted molar refractivity (Wildman–Crippen MR) is 89.0 cm³/mol. The summed E-state index contributed by atoms with van der Waals surface area (Å²) in [5.74, 6) is 1.25. The Balaban J connectivity index is 1.56. The van der Waals surface area contributed by atoms with Crippen LogP contribution in [0.25, 0.3) is 0 Å². The van der Waals surface area contributed by atoms with Gasteiger partial charge in [-0.2, -0.15) is 10.2 Å². The van der Waals surface area contributed by atoms with Crippen molar-refractivity contribution in [3.05, 3.63) is 47.2 Å². The SMILES string of the molecule is Cc1cc(C)n(Cc2nnc([C@@H]3CCCO[C@H]3c3cnn(C)c3)o2)n1. The van der Waals surface area contributed by atoms with E-state index in [-0.39, 0.29) is 12.0 Å². The van der Waals surface area contributed by atoms with E-state index in [0.29, 0.717) is 18.3 Å². The first-order valence-corrected chi connectivity index (χ1v) is 8.53. The first-order valence-electron chi connectivity index (χ1n) is 8.53. The molecule has 2 atom stereocenters. The Labute approximate surface area is 145 Å². The van der Waals surface area contributed by atoms with Gasteiger partial charge in [0.1, 0.15) is 6.54 Å². The van der Waals surface area contributed by atoms with Crippen molar-refractivity contribution in [1.29, 1.82) is 0 Å². The van der Waals surface area contributed by atoms with Gasteiger partial charge in [0.05, 0.1) is 23.9 Å². The maximum atomic E-state index is 6.00. The van der Waals surface area contributed by atoms with Crippen LogP contribution in [0.2, 0.25) is 0 Å². The van der Waals surface area contributed by atoms with Gasteiger partial charge < -0.3 is 9.15 Å². The number of hydrogen-bond acceptors (Lipinski definition) is 6. The Morgan fingerprint density at radius 3 is 2.88 bits per heavy atom. The van der Waals surface area contributed by atoms with Gasteiger partial charge in [-0.15, -0.1) is 10.2 Å². The zero-order chi connectivity index (χ0) is 17.4. The fourth-order valence-electron chi connectivity index (χ4n) is 3.39. The average molecular weight is 342 g/mol. The van der Waals surface area contributed by atoms with Crippen LogP contribution in [0.3, 0.4) is 0 Å². The highest BCUT2D eigenvalue weighted by molar-refractivity contribution is 5.15. The summed E-state index contributed by atoms with van der Waals surface area (Å²) in [7, 11) is 1.90. The Morgan fingerprint density at radius 1 is 1.28 bits per heavy atom. The molecule has 132 valence electrons. The summed E-state index contributed by atoms with van der Waals surface area (Å²) in [5, 5.41) is 17.2. The minimum atomic E-state index is -0.0931. The quantitative estimate of drug-likeness (QED) is 0.723. The summed E-state index contributed by atoms with van der Waals surface area (Å²) < 4.78 is 15.6. The standard InChI is InChI=1S/C17H22N6O2/c1-11-7-12(2)23(21-11)10-15-19-20-17(25-15)14-5-4-6-24-16(14)13-8-18-22(3)9-13/h7-9,14,16H,4-6,10H2,1-3H3/t14-,16+/m1/s1. The van der Waals surface area contributed by atoms with Gasteiger partial charge >= 0.3 is 0 Å². The predicted octanol–water partition coefficient (Wildman–Crippen LogP) is 2.30. The van der Waals surface area contributed by atoms with Gasteiger partial charge in [-0.05, 0) is 32.8 Å². The topological polar surface area (TPSA) is 83.8 Å². The molecule has 3 aromatic heterocycles. The van der Waals surface area contributed by atoms with Gasteiger partial charge in [-0.3, -0.25) is 9.36 Å². The van der Waals surface area contributed by atoms with Gasteiger partial charge in [0.2, 0.25) is 11.8 Å². The second kappa shape index (κ2) is 6.44. The van der Waals surface area contributed by atoms with E-state index >= 15 is 0 Å². The molecule has 0 aromatic carbocycles. The van der Waals surface area contributed by atoms with Crippen LogP contribution in [0.1, 0.15) is 53.6 Å². The van der Waals surface area contributed by atoms with Crippen LogP contribution in [0.5, 0.6) is 0 Å². The molecule has 0 aliphatic carbocycles. The number of ether oxygens (including phenoxy) is 1. The summed E-state index contributed by atoms with van der Waals surface area (Å²) in [6, 6.07) is 2.03. The molecular weight excluding hydrogens is 320 g/mol. The average Bonchev–Trinajstić information content (AvgIpc) is 3.29. The normalized spacial score (nSPS) is 20.9. The van der Waals surface area contributed by atoms with E-state index in [1.807, 2.05) is 44.0 Å². The maximum Gasteiger partial charge on any atom is 0.237 e. The molecule has 0 amide bonds. The van der Waals surface area contributed by atoms with Crippen molar-refractivity contribution in [2.24, 2.45) is 7.05 Å². The van der Waals surface area contributed by atoms with Crippen LogP contribution in [0.4, 0.5) is 0 Å². The third-order valence-electron chi connectivity index (χ3n) is 4.56. The van der Waals surface area contributed by atoms with E-state index < -0.39 is 0 Å². The minimum Gasteiger partial charge on any atom is -0.423 e. The second-order valence-corrected chi connectivity index (χ2v) is 6.61. The Bertz CT molecular complexity index is 864. The Morgan fingerprint density at radius 2 is 2.16 bits per heavy atom. The molecule has 0 unspecified atom stereocenters. The molecule has 4 heterocycles. The van der Waals surface area contributed by atoms with E-state index in [4.69, 9.17) is 9.15 Å². The number of aryl methyl sites for hydroxylation is 3. The fraction of sp³-hybridized carbons (Fsp3) is 0.529. The van der Waals surface area contributed by atoms with E-state index in [1.165, 1.54) is 0 Å². The van der Waals surface area contributed by atoms with Crippen LogP contribution in [0.15, 0.2) is 22.9 Å². The van der Waals surface area contributed by atoms with Crippen LogP contribution in [-0.2, 0) is 18.3 Å². The summed E-state index contributed by atoms with van der Waals surface area (Å²) in [4.78, 5) is 0. The third kappa shape index (κ3) is 3.21. The first kappa shape index (κ1) is 16.0. The molecule has 8 nitrogen and oxygen atoms in total. The maximum absolute atomic E-state index is 6.00. The lowest BCUT2D eigenvalue weighted by molar-refractivity contribution is -0.00927. The fourth-order valence-corrected chi connectivity index (χ4v) is 3.39. The molecule has 1 saturated heterocycles. The molecule has 1 aliphatic rings. The van der Waals surface area contributed by atoms with Crippen molar-refractivity contribution in [2.75, 3.05) is 6.61 Å². The highest BCUT2D eigenvalue weighted by atomic mass is 16.5. The van der Waals surface area contributed by atoms with Gasteiger partial charge in [0.15, 0.2) is 0 Å². The second-order valence-electron chi connectivity index (χ2n) is 6.61. The van der Waals surface area contributed by atoms with Crippen molar-refractivity contribution < 1.29 is 9.15 Å². The number of rotatable bonds is 4. The monoisotopic (exact) mass is 342 g/mol. The van der Waals surface area contributed by atoms with Gasteiger partial charge in [-0.1, -0.05) is 0 Å². The van der Waals surface area contributed by atoms with E-state index in [1.54, 1.807) is 4.68 Å². The van der Waals surface area contributed by atoms with Crippen molar-refractivity contribution >= 4 is 0 Å². The molecule has 0 radical (unpaired) electrons. The van der Waals surface area contributed by atoms with E-state index in [0.717, 1.165) is 36.4 Å². The lowest BCUT2D eigenvalue weighted by Crippen LogP contribution is -2.21. The summed E-state index contributed by atoms with van der Waals surface area (Å²) >= 11 is 0. The molecule has 0 N–H and O–H groups in total. The summed E-state index contributed by atoms with van der Waals surface area (Å²) in [6.45, 7) is 5.21. The van der Waals surface area contributed by atoms with Crippen molar-refractivity contribution in [2.45, 2.75) is 45.3 Å². The smallest absolute Gasteiger partial charge is 0.237 e. The number of nitrogens with zero attached hydrogens (tertiary/aromatic N) is 6. The highest BCUT2D eigenvalue weighted by Gasteiger charge is 2.33. The zero-order valence-corrected chi connectivity index (χ0v) is 14.7. The molecule has 4 rings (SSSR count). The first-order chi connectivity index (χ1) is 12.1. The molecule has 1 fully saturated rings. The molecule has 8 heteroatoms. The van der Waals surface area contributed by atoms with Gasteiger partial charge in [-0.25, -0.2) is 0 Å². The molecule has 25 heavy (non-hydrogen) atoms. The number of hydrogen-bond donors (Lipinski definition) is 0. The summed E-state index contributed by atoms with van der Waals surface area (Å²) in [5.41, 5.74) is 3.10. The summed E-state index contributed by atoms with van der Waals surface area (Å²) in [6.07, 6.45) is 5.67. The van der Waals surface area contributed by atoms with Crippen LogP contribution in [-0.4, -0.2) is 36.4 Å². The molecule has 1 aliphatic heterocycles. The van der Waals surface area contributed by atoms with Crippen LogP contribution < -0.4 is 0 Å². The van der Waals surface area contributed by atoms with Crippen molar-refractivity contribution in [1.82, 2.24) is 29.8 Å². The molecule has 3 aromatic rings. The van der Waals surface area contributed by atoms with Crippen LogP contribution >= 0.6 is 0 Å².